The minimum atomic E-state index is -2.04. The van der Waals surface area contributed by atoms with E-state index in [0.717, 1.165) is 13.1 Å². The Morgan fingerprint density at radius 2 is 1.61 bits per heavy atom. The quantitative estimate of drug-likeness (QED) is 0.0341. The number of ether oxygens (including phenoxy) is 4. The number of hydrazone groups is 1. The molecule has 1 saturated heterocycles. The number of fused-ring (bicyclic) bond motifs is 14. The Balaban J connectivity index is 0.000000787. The summed E-state index contributed by atoms with van der Waals surface area (Å²) in [5.41, 5.74) is 2.18. The van der Waals surface area contributed by atoms with E-state index in [-0.39, 0.29) is 50.4 Å². The van der Waals surface area contributed by atoms with Crippen LogP contribution in [-0.4, -0.2) is 141 Å². The standard InChI is InChI=1S/C43H58N4O12.C6H7N3O/c1-21-12-11-13-22(2)42(55)45-33-28(20-44-47-17-15-46(9)16-18-47)37(52)30-31(38(33)53)36(51)26(6)40-32(30)41(54)43(8,59-40)57-19-14-29(56-10)23(3)39(58-27(7)48)25(5)35(50)24(4)34(21)49;7-9-6(10)5-1-3-8-4-2-5/h11-14,19-21,23-25,29,34-35,39,49-53H,15-18H2,1-10H3,(H,45,55);1-4H,7H2,(H,9,10)/b12-11+,19-14+,22-13-,44-20+;/t21-,23+,24+,25+,29-,34-,35+,39+,43-;/m0./s1. The summed E-state index contributed by atoms with van der Waals surface area (Å²) in [6.07, 6.45) is 7.93. The first kappa shape index (κ1) is 53.4. The van der Waals surface area contributed by atoms with Gasteiger partial charge in [-0.15, -0.1) is 0 Å². The van der Waals surface area contributed by atoms with Crippen molar-refractivity contribution in [3.05, 3.63) is 82.9 Å². The number of nitrogens with one attached hydrogen (secondary N) is 2. The number of rotatable bonds is 5. The summed E-state index contributed by atoms with van der Waals surface area (Å²) < 4.78 is 23.6. The molecule has 2 aromatic carbocycles. The molecule has 20 nitrogen and oxygen atoms in total. The van der Waals surface area contributed by atoms with E-state index in [1.807, 2.05) is 12.5 Å². The van der Waals surface area contributed by atoms with E-state index in [2.05, 4.69) is 20.3 Å². The Morgan fingerprint density at radius 3 is 2.22 bits per heavy atom. The van der Waals surface area contributed by atoms with Gasteiger partial charge in [0.2, 0.25) is 0 Å². The number of nitrogen functional groups attached to an aromatic ring is 1. The van der Waals surface area contributed by atoms with Gasteiger partial charge in [-0.05, 0) is 39.1 Å². The third-order valence-electron chi connectivity index (χ3n) is 12.9. The average molecular weight is 960 g/mol. The van der Waals surface area contributed by atoms with Crippen LogP contribution in [0, 0.1) is 30.6 Å². The first-order valence-corrected chi connectivity index (χ1v) is 22.5. The number of amides is 2. The monoisotopic (exact) mass is 959 g/mol. The number of anilines is 1. The number of pyridine rings is 1. The summed E-state index contributed by atoms with van der Waals surface area (Å²) in [5.74, 6) is -3.76. The third kappa shape index (κ3) is 11.7. The number of esters is 1. The topological polar surface area (TPSA) is 288 Å². The van der Waals surface area contributed by atoms with E-state index >= 15 is 0 Å². The number of aliphatic hydroxyl groups excluding tert-OH is 2. The molecule has 20 heteroatoms. The van der Waals surface area contributed by atoms with Crippen molar-refractivity contribution in [2.75, 3.05) is 45.7 Å². The number of Topliss-reactive ketones (excluding diaryl/α,β-unsaturated/α-hetero) is 1. The maximum absolute atomic E-state index is 14.4. The highest BCUT2D eigenvalue weighted by Gasteiger charge is 2.50. The maximum Gasteiger partial charge on any atom is 0.312 e. The van der Waals surface area contributed by atoms with E-state index in [9.17, 15) is 44.7 Å². The number of aliphatic hydroxyl groups is 2. The number of nitrogens with zero attached hydrogens (tertiary/aromatic N) is 4. The van der Waals surface area contributed by atoms with Crippen molar-refractivity contribution in [1.82, 2.24) is 20.3 Å². The number of ketones is 1. The van der Waals surface area contributed by atoms with Crippen LogP contribution in [0.15, 0.2) is 65.8 Å². The van der Waals surface area contributed by atoms with Gasteiger partial charge < -0.3 is 54.7 Å². The van der Waals surface area contributed by atoms with Gasteiger partial charge in [0.05, 0.1) is 53.0 Å². The molecule has 4 aliphatic rings. The van der Waals surface area contributed by atoms with Crippen LogP contribution in [-0.2, 0) is 23.8 Å². The zero-order valence-electron chi connectivity index (χ0n) is 40.6. The number of hydrogen-bond donors (Lipinski definition) is 8. The maximum atomic E-state index is 14.4. The number of carbonyl (C=O) groups excluding carboxylic acids is 4. The summed E-state index contributed by atoms with van der Waals surface area (Å²) in [7, 11) is 3.42. The molecule has 5 heterocycles. The molecule has 3 aromatic rings. The number of benzene rings is 2. The molecule has 0 saturated carbocycles. The van der Waals surface area contributed by atoms with Gasteiger partial charge in [0, 0.05) is 105 Å². The first-order chi connectivity index (χ1) is 32.6. The van der Waals surface area contributed by atoms with Gasteiger partial charge in [0.15, 0.2) is 5.75 Å². The van der Waals surface area contributed by atoms with Crippen LogP contribution in [0.4, 0.5) is 5.69 Å². The Bertz CT molecular complexity index is 2510. The number of allylic oxidation sites excluding steroid dienone is 2. The van der Waals surface area contributed by atoms with Gasteiger partial charge in [0.1, 0.15) is 23.4 Å². The van der Waals surface area contributed by atoms with Crippen LogP contribution in [0.25, 0.3) is 10.8 Å². The van der Waals surface area contributed by atoms with Gasteiger partial charge in [-0.1, -0.05) is 45.9 Å². The van der Waals surface area contributed by atoms with Crippen molar-refractivity contribution in [3.63, 3.8) is 0 Å². The van der Waals surface area contributed by atoms with E-state index in [1.165, 1.54) is 71.8 Å². The second-order valence-electron chi connectivity index (χ2n) is 17.8. The predicted octanol–water partition coefficient (Wildman–Crippen LogP) is 4.02. The molecule has 2 amide bonds. The SMILES string of the molecule is CO[C@H]1/C=C/O[C@@]2(C)Oc3c(C)c(O)c4c(O)c(c(/C=N/N5CCN(C)CC5)c(O)c4c3C2=O)NC(=O)/C(C)=C\C=C\[C@H](C)[C@H](O)[C@@H](C)[C@@H](O)[C@@H](C)[C@H](OC(C)=O)[C@@H]1C.NNC(=O)c1ccncc1. The van der Waals surface area contributed by atoms with Crippen molar-refractivity contribution in [2.24, 2.45) is 34.6 Å². The summed E-state index contributed by atoms with van der Waals surface area (Å²) in [4.78, 5) is 57.1. The van der Waals surface area contributed by atoms with Gasteiger partial charge in [-0.2, -0.15) is 5.10 Å². The van der Waals surface area contributed by atoms with Crippen LogP contribution in [0.5, 0.6) is 23.0 Å². The molecule has 7 rings (SSSR count). The largest absolute Gasteiger partial charge is 0.507 e. The normalized spacial score (nSPS) is 28.7. The van der Waals surface area contributed by atoms with E-state index in [0.29, 0.717) is 18.7 Å². The van der Waals surface area contributed by atoms with Crippen molar-refractivity contribution >= 4 is 46.2 Å². The zero-order valence-corrected chi connectivity index (χ0v) is 40.6. The number of methoxy groups -OCH3 is 1. The second kappa shape index (κ2) is 22.7. The molecule has 374 valence electrons. The van der Waals surface area contributed by atoms with Crippen molar-refractivity contribution in [3.8, 4) is 23.0 Å². The summed E-state index contributed by atoms with van der Waals surface area (Å²) >= 11 is 0. The smallest absolute Gasteiger partial charge is 0.312 e. The lowest BCUT2D eigenvalue weighted by Gasteiger charge is -2.38. The van der Waals surface area contributed by atoms with Gasteiger partial charge in [0.25, 0.3) is 17.6 Å². The Hall–Kier alpha value is -6.58. The van der Waals surface area contributed by atoms with Crippen LogP contribution in [0.2, 0.25) is 0 Å². The molecule has 0 aliphatic carbocycles. The number of aromatic nitrogens is 1. The molecule has 0 radical (unpaired) electrons. The molecule has 9 atom stereocenters. The fourth-order valence-corrected chi connectivity index (χ4v) is 8.51. The fraction of sp³-hybridized carbons (Fsp3) is 0.469. The van der Waals surface area contributed by atoms with E-state index < -0.39 is 88.8 Å². The molecule has 0 unspecified atom stereocenters. The summed E-state index contributed by atoms with van der Waals surface area (Å²) in [6.45, 7) is 15.1. The molecule has 1 aromatic heterocycles. The lowest BCUT2D eigenvalue weighted by atomic mass is 9.78. The number of carbonyl (C=O) groups is 4. The molecule has 5 bridgehead atoms. The fourth-order valence-electron chi connectivity index (χ4n) is 8.51. The van der Waals surface area contributed by atoms with Crippen molar-refractivity contribution < 1.29 is 63.7 Å². The van der Waals surface area contributed by atoms with Gasteiger partial charge in [-0.3, -0.25) is 34.6 Å². The zero-order chi connectivity index (χ0) is 51.1. The highest BCUT2D eigenvalue weighted by Crippen LogP contribution is 2.55. The van der Waals surface area contributed by atoms with E-state index in [1.54, 1.807) is 57.0 Å². The number of phenolic OH excluding ortho intramolecular Hbond substituents is 3. The Kier molecular flexibility index (Phi) is 17.5. The highest BCUT2D eigenvalue weighted by atomic mass is 16.7. The van der Waals surface area contributed by atoms with Crippen LogP contribution in [0.3, 0.4) is 0 Å². The minimum Gasteiger partial charge on any atom is -0.507 e. The highest BCUT2D eigenvalue weighted by molar-refractivity contribution is 6.23. The summed E-state index contributed by atoms with van der Waals surface area (Å²) in [5, 5.41) is 66.8. The molecule has 0 spiro atoms. The van der Waals surface area contributed by atoms with Crippen LogP contribution < -0.4 is 21.3 Å². The van der Waals surface area contributed by atoms with Crippen LogP contribution >= 0.6 is 0 Å². The number of hydrogen-bond acceptors (Lipinski definition) is 18. The van der Waals surface area contributed by atoms with Crippen LogP contribution in [0.1, 0.15) is 80.3 Å². The lowest BCUT2D eigenvalue weighted by molar-refractivity contribution is -0.160. The molecule has 69 heavy (non-hydrogen) atoms. The second-order valence-corrected chi connectivity index (χ2v) is 17.8. The molecule has 1 fully saturated rings. The van der Waals surface area contributed by atoms with Gasteiger partial charge >= 0.3 is 11.8 Å². The third-order valence-corrected chi connectivity index (χ3v) is 12.9. The Labute approximate surface area is 401 Å². The van der Waals surface area contributed by atoms with E-state index in [4.69, 9.17) is 24.8 Å². The number of hydrazine groups is 1. The molecular formula is C49H65N7O13. The number of piperazine rings is 1. The Morgan fingerprint density at radius 1 is 0.957 bits per heavy atom. The van der Waals surface area contributed by atoms with Crippen molar-refractivity contribution in [1.29, 1.82) is 0 Å². The van der Waals surface area contributed by atoms with Crippen molar-refractivity contribution in [2.45, 2.75) is 85.6 Å². The minimum absolute atomic E-state index is 0.0559. The number of nitrogens with two attached hydrogens (primary N) is 1. The lowest BCUT2D eigenvalue weighted by Crippen LogP contribution is -2.46. The molecule has 4 aliphatic heterocycles. The predicted molar refractivity (Wildman–Crippen MR) is 256 cm³/mol. The van der Waals surface area contributed by atoms with Gasteiger partial charge in [-0.25, -0.2) is 5.84 Å². The first-order valence-electron chi connectivity index (χ1n) is 22.5. The average Bonchev–Trinajstić information content (AvgIpc) is 3.60. The number of likely N-dealkylation sites (N-methyl/N-ethyl adjacent to an activating group) is 1. The molecular weight excluding hydrogens is 895 g/mol. The number of aromatic hydroxyl groups is 3. The molecule has 9 N–H and O–H groups in total. The number of phenols is 3. The summed E-state index contributed by atoms with van der Waals surface area (Å²) in [6, 6.07) is 3.17.